The van der Waals surface area contributed by atoms with Gasteiger partial charge < -0.3 is 10.1 Å². The van der Waals surface area contributed by atoms with Crippen LogP contribution in [0, 0.1) is 0 Å². The average molecular weight is 163 g/mol. The summed E-state index contributed by atoms with van der Waals surface area (Å²) in [6.07, 6.45) is 1.57. The van der Waals surface area contributed by atoms with E-state index in [-0.39, 0.29) is 0 Å². The summed E-state index contributed by atoms with van der Waals surface area (Å²) < 4.78 is 5.33. The molecule has 0 atom stereocenters. The summed E-state index contributed by atoms with van der Waals surface area (Å²) in [4.78, 5) is 10.2. The van der Waals surface area contributed by atoms with Crippen LogP contribution >= 0.6 is 0 Å². The quantitative estimate of drug-likeness (QED) is 0.665. The van der Waals surface area contributed by atoms with E-state index in [0.717, 1.165) is 23.4 Å². The number of amides is 1. The molecule has 0 fully saturated rings. The summed E-state index contributed by atoms with van der Waals surface area (Å²) in [6.45, 7) is 0.715. The number of carbonyl (C=O) groups is 1. The number of hydrogen-bond acceptors (Lipinski definition) is 2. The SMILES string of the molecule is O=CNc1cccc2c1CCO2. The summed E-state index contributed by atoms with van der Waals surface area (Å²) in [7, 11) is 0. The van der Waals surface area contributed by atoms with Gasteiger partial charge in [0.05, 0.1) is 6.61 Å². The fourth-order valence-corrected chi connectivity index (χ4v) is 1.42. The van der Waals surface area contributed by atoms with Crippen LogP contribution in [-0.2, 0) is 11.2 Å². The molecule has 0 unspecified atom stereocenters. The molecule has 1 aromatic carbocycles. The molecular formula is C9H9NO2. The van der Waals surface area contributed by atoms with E-state index >= 15 is 0 Å². The maximum Gasteiger partial charge on any atom is 0.211 e. The van der Waals surface area contributed by atoms with Gasteiger partial charge >= 0.3 is 0 Å². The van der Waals surface area contributed by atoms with Gasteiger partial charge in [-0.3, -0.25) is 4.79 Å². The normalized spacial score (nSPS) is 13.3. The minimum atomic E-state index is 0.688. The van der Waals surface area contributed by atoms with E-state index < -0.39 is 0 Å². The highest BCUT2D eigenvalue weighted by Crippen LogP contribution is 2.30. The second kappa shape index (κ2) is 2.85. The van der Waals surface area contributed by atoms with Crippen LogP contribution in [0.1, 0.15) is 5.56 Å². The summed E-state index contributed by atoms with van der Waals surface area (Å²) in [5.74, 6) is 0.891. The lowest BCUT2D eigenvalue weighted by Crippen LogP contribution is -1.96. The Morgan fingerprint density at radius 2 is 2.42 bits per heavy atom. The molecule has 0 bridgehead atoms. The zero-order valence-corrected chi connectivity index (χ0v) is 6.54. The minimum absolute atomic E-state index is 0.688. The Kier molecular flexibility index (Phi) is 1.70. The Morgan fingerprint density at radius 1 is 1.50 bits per heavy atom. The lowest BCUT2D eigenvalue weighted by Gasteiger charge is -2.03. The zero-order valence-electron chi connectivity index (χ0n) is 6.54. The topological polar surface area (TPSA) is 38.3 Å². The molecule has 0 aliphatic carbocycles. The van der Waals surface area contributed by atoms with E-state index in [2.05, 4.69) is 5.32 Å². The largest absolute Gasteiger partial charge is 0.493 e. The number of nitrogens with one attached hydrogen (secondary N) is 1. The maximum absolute atomic E-state index is 10.2. The number of fused-ring (bicyclic) bond motifs is 1. The Hall–Kier alpha value is -1.51. The van der Waals surface area contributed by atoms with Gasteiger partial charge in [0.25, 0.3) is 0 Å². The molecule has 3 heteroatoms. The molecule has 0 aromatic heterocycles. The van der Waals surface area contributed by atoms with E-state index in [1.807, 2.05) is 18.2 Å². The van der Waals surface area contributed by atoms with E-state index in [1.165, 1.54) is 0 Å². The fraction of sp³-hybridized carbons (Fsp3) is 0.222. The Labute approximate surface area is 70.3 Å². The molecule has 1 heterocycles. The van der Waals surface area contributed by atoms with E-state index in [9.17, 15) is 4.79 Å². The van der Waals surface area contributed by atoms with Gasteiger partial charge in [-0.15, -0.1) is 0 Å². The van der Waals surface area contributed by atoms with Crippen LogP contribution in [0.25, 0.3) is 0 Å². The number of rotatable bonds is 2. The van der Waals surface area contributed by atoms with Crippen LogP contribution in [0.15, 0.2) is 18.2 Å². The lowest BCUT2D eigenvalue weighted by atomic mass is 10.1. The molecular weight excluding hydrogens is 154 g/mol. The van der Waals surface area contributed by atoms with Gasteiger partial charge in [0.15, 0.2) is 0 Å². The van der Waals surface area contributed by atoms with E-state index in [0.29, 0.717) is 13.0 Å². The highest BCUT2D eigenvalue weighted by molar-refractivity contribution is 5.75. The predicted octanol–water partition coefficient (Wildman–Crippen LogP) is 1.19. The maximum atomic E-state index is 10.2. The minimum Gasteiger partial charge on any atom is -0.493 e. The van der Waals surface area contributed by atoms with Crippen LogP contribution < -0.4 is 10.1 Å². The molecule has 0 radical (unpaired) electrons. The van der Waals surface area contributed by atoms with Crippen molar-refractivity contribution in [2.45, 2.75) is 6.42 Å². The molecule has 1 aliphatic heterocycles. The smallest absolute Gasteiger partial charge is 0.211 e. The third-order valence-corrected chi connectivity index (χ3v) is 1.96. The number of ether oxygens (including phenoxy) is 1. The Morgan fingerprint density at radius 3 is 3.25 bits per heavy atom. The van der Waals surface area contributed by atoms with Crippen molar-refractivity contribution in [3.63, 3.8) is 0 Å². The van der Waals surface area contributed by atoms with E-state index in [4.69, 9.17) is 4.74 Å². The number of anilines is 1. The standard InChI is InChI=1S/C9H9NO2/c11-6-10-8-2-1-3-9-7(8)4-5-12-9/h1-3,6H,4-5H2,(H,10,11). The number of carbonyl (C=O) groups excluding carboxylic acids is 1. The molecule has 0 spiro atoms. The molecule has 3 nitrogen and oxygen atoms in total. The van der Waals surface area contributed by atoms with Crippen molar-refractivity contribution in [3.8, 4) is 5.75 Å². The predicted molar refractivity (Wildman–Crippen MR) is 45.3 cm³/mol. The average Bonchev–Trinajstić information content (AvgIpc) is 2.53. The summed E-state index contributed by atoms with van der Waals surface area (Å²) in [5, 5.41) is 2.65. The zero-order chi connectivity index (χ0) is 8.39. The molecule has 2 rings (SSSR count). The highest BCUT2D eigenvalue weighted by Gasteiger charge is 2.14. The molecule has 12 heavy (non-hydrogen) atoms. The van der Waals surface area contributed by atoms with Crippen LogP contribution in [0.4, 0.5) is 5.69 Å². The van der Waals surface area contributed by atoms with Crippen LogP contribution in [0.2, 0.25) is 0 Å². The lowest BCUT2D eigenvalue weighted by molar-refractivity contribution is -0.105. The van der Waals surface area contributed by atoms with Gasteiger partial charge in [-0.1, -0.05) is 6.07 Å². The highest BCUT2D eigenvalue weighted by atomic mass is 16.5. The van der Waals surface area contributed by atoms with Gasteiger partial charge in [0.2, 0.25) is 6.41 Å². The third kappa shape index (κ3) is 1.03. The first kappa shape index (κ1) is 7.16. The van der Waals surface area contributed by atoms with Crippen molar-refractivity contribution in [2.24, 2.45) is 0 Å². The third-order valence-electron chi connectivity index (χ3n) is 1.96. The van der Waals surface area contributed by atoms with Crippen LogP contribution in [-0.4, -0.2) is 13.0 Å². The van der Waals surface area contributed by atoms with Crippen molar-refractivity contribution in [2.75, 3.05) is 11.9 Å². The fourth-order valence-electron chi connectivity index (χ4n) is 1.42. The van der Waals surface area contributed by atoms with Crippen LogP contribution in [0.5, 0.6) is 5.75 Å². The first-order chi connectivity index (χ1) is 5.92. The Balaban J connectivity index is 2.42. The van der Waals surface area contributed by atoms with Gasteiger partial charge in [0, 0.05) is 17.7 Å². The van der Waals surface area contributed by atoms with Crippen molar-refractivity contribution in [1.29, 1.82) is 0 Å². The van der Waals surface area contributed by atoms with Crippen molar-refractivity contribution in [3.05, 3.63) is 23.8 Å². The second-order valence-electron chi connectivity index (χ2n) is 2.64. The van der Waals surface area contributed by atoms with Crippen molar-refractivity contribution in [1.82, 2.24) is 0 Å². The van der Waals surface area contributed by atoms with Crippen molar-refractivity contribution >= 4 is 12.1 Å². The summed E-state index contributed by atoms with van der Waals surface area (Å²) >= 11 is 0. The summed E-state index contributed by atoms with van der Waals surface area (Å²) in [5.41, 5.74) is 1.96. The molecule has 1 N–H and O–H groups in total. The van der Waals surface area contributed by atoms with Gasteiger partial charge in [-0.25, -0.2) is 0 Å². The Bertz CT molecular complexity index is 309. The van der Waals surface area contributed by atoms with Gasteiger partial charge in [-0.05, 0) is 12.1 Å². The first-order valence-corrected chi connectivity index (χ1v) is 3.86. The van der Waals surface area contributed by atoms with Gasteiger partial charge in [-0.2, -0.15) is 0 Å². The molecule has 0 saturated heterocycles. The molecule has 1 aromatic rings. The molecule has 0 saturated carbocycles. The van der Waals surface area contributed by atoms with Crippen molar-refractivity contribution < 1.29 is 9.53 Å². The molecule has 1 aliphatic rings. The molecule has 62 valence electrons. The van der Waals surface area contributed by atoms with Crippen LogP contribution in [0.3, 0.4) is 0 Å². The van der Waals surface area contributed by atoms with Gasteiger partial charge in [0.1, 0.15) is 5.75 Å². The first-order valence-electron chi connectivity index (χ1n) is 3.86. The second-order valence-corrected chi connectivity index (χ2v) is 2.64. The number of hydrogen-bond donors (Lipinski definition) is 1. The monoisotopic (exact) mass is 163 g/mol. The number of benzene rings is 1. The molecule has 1 amide bonds. The van der Waals surface area contributed by atoms with E-state index in [1.54, 1.807) is 0 Å². The summed E-state index contributed by atoms with van der Waals surface area (Å²) in [6, 6.07) is 5.66.